The van der Waals surface area contributed by atoms with Crippen LogP contribution in [0.25, 0.3) is 11.4 Å². The van der Waals surface area contributed by atoms with Crippen LogP contribution in [0.5, 0.6) is 0 Å². The summed E-state index contributed by atoms with van der Waals surface area (Å²) in [7, 11) is 0. The van der Waals surface area contributed by atoms with Gasteiger partial charge < -0.3 is 10.3 Å². The number of hydrogen-bond donors (Lipinski definition) is 1. The van der Waals surface area contributed by atoms with Crippen molar-refractivity contribution in [2.24, 2.45) is 5.41 Å². The normalized spacial score (nSPS) is 21.8. The molecule has 0 amide bonds. The Morgan fingerprint density at radius 1 is 1.30 bits per heavy atom. The fourth-order valence-electron chi connectivity index (χ4n) is 3.12. The molecular weight excluding hydrogens is 250 g/mol. The Balaban J connectivity index is 1.90. The maximum atomic E-state index is 5.80. The van der Waals surface area contributed by atoms with Crippen LogP contribution in [0.3, 0.4) is 0 Å². The molecule has 2 aromatic rings. The molecule has 1 heterocycles. The van der Waals surface area contributed by atoms with Crippen molar-refractivity contribution in [3.63, 3.8) is 0 Å². The number of nitrogen functional groups attached to an aromatic ring is 1. The molecule has 1 aromatic heterocycles. The van der Waals surface area contributed by atoms with Gasteiger partial charge in [0.05, 0.1) is 0 Å². The van der Waals surface area contributed by atoms with Gasteiger partial charge in [-0.25, -0.2) is 0 Å². The summed E-state index contributed by atoms with van der Waals surface area (Å²) in [6, 6.07) is 7.59. The number of nitrogens with zero attached hydrogens (tertiary/aromatic N) is 2. The molecule has 1 fully saturated rings. The minimum Gasteiger partial charge on any atom is -0.399 e. The summed E-state index contributed by atoms with van der Waals surface area (Å²) in [5.74, 6) is 1.76. The van der Waals surface area contributed by atoms with Crippen molar-refractivity contribution in [1.82, 2.24) is 10.1 Å². The van der Waals surface area contributed by atoms with Gasteiger partial charge in [-0.2, -0.15) is 4.98 Å². The molecule has 4 nitrogen and oxygen atoms in total. The summed E-state index contributed by atoms with van der Waals surface area (Å²) in [6.07, 6.45) is 4.88. The first-order chi connectivity index (χ1) is 9.56. The van der Waals surface area contributed by atoms with Gasteiger partial charge in [0.25, 0.3) is 0 Å². The fourth-order valence-corrected chi connectivity index (χ4v) is 3.12. The SMILES string of the molecule is CC1(C)CCCCC1c1nc(-c2cccc(N)c2)no1. The van der Waals surface area contributed by atoms with Crippen LogP contribution in [0.4, 0.5) is 5.69 Å². The Labute approximate surface area is 119 Å². The van der Waals surface area contributed by atoms with Gasteiger partial charge in [-0.1, -0.05) is 44.0 Å². The van der Waals surface area contributed by atoms with E-state index in [-0.39, 0.29) is 5.41 Å². The van der Waals surface area contributed by atoms with E-state index in [2.05, 4.69) is 24.0 Å². The van der Waals surface area contributed by atoms with Crippen molar-refractivity contribution in [1.29, 1.82) is 0 Å². The number of nitrogens with two attached hydrogens (primary N) is 1. The molecule has 1 unspecified atom stereocenters. The van der Waals surface area contributed by atoms with Crippen LogP contribution >= 0.6 is 0 Å². The molecule has 0 bridgehead atoms. The molecule has 20 heavy (non-hydrogen) atoms. The molecule has 1 aliphatic rings. The third kappa shape index (κ3) is 2.42. The zero-order valence-electron chi connectivity index (χ0n) is 12.1. The third-order valence-corrected chi connectivity index (χ3v) is 4.39. The van der Waals surface area contributed by atoms with E-state index in [9.17, 15) is 0 Å². The van der Waals surface area contributed by atoms with Crippen LogP contribution < -0.4 is 5.73 Å². The van der Waals surface area contributed by atoms with Crippen molar-refractivity contribution in [3.8, 4) is 11.4 Å². The Morgan fingerprint density at radius 3 is 2.90 bits per heavy atom. The van der Waals surface area contributed by atoms with E-state index in [0.717, 1.165) is 17.9 Å². The second-order valence-corrected chi connectivity index (χ2v) is 6.37. The molecule has 3 rings (SSSR count). The van der Waals surface area contributed by atoms with E-state index in [1.54, 1.807) is 0 Å². The maximum absolute atomic E-state index is 5.80. The van der Waals surface area contributed by atoms with Gasteiger partial charge in [0.1, 0.15) is 0 Å². The van der Waals surface area contributed by atoms with Gasteiger partial charge in [0.15, 0.2) is 0 Å². The highest BCUT2D eigenvalue weighted by Crippen LogP contribution is 2.46. The average Bonchev–Trinajstić information content (AvgIpc) is 2.87. The Kier molecular flexibility index (Phi) is 3.24. The highest BCUT2D eigenvalue weighted by atomic mass is 16.5. The maximum Gasteiger partial charge on any atom is 0.230 e. The lowest BCUT2D eigenvalue weighted by Gasteiger charge is -2.36. The topological polar surface area (TPSA) is 64.9 Å². The molecule has 1 aliphatic carbocycles. The van der Waals surface area contributed by atoms with Gasteiger partial charge in [-0.3, -0.25) is 0 Å². The van der Waals surface area contributed by atoms with Gasteiger partial charge in [0, 0.05) is 17.2 Å². The molecule has 0 spiro atoms. The summed E-state index contributed by atoms with van der Waals surface area (Å²) in [4.78, 5) is 4.61. The highest BCUT2D eigenvalue weighted by molar-refractivity contribution is 5.60. The van der Waals surface area contributed by atoms with Crippen molar-refractivity contribution >= 4 is 5.69 Å². The molecule has 1 atom stereocenters. The minimum atomic E-state index is 0.234. The number of rotatable bonds is 2. The Morgan fingerprint density at radius 2 is 2.15 bits per heavy atom. The van der Waals surface area contributed by atoms with Gasteiger partial charge >= 0.3 is 0 Å². The van der Waals surface area contributed by atoms with E-state index in [4.69, 9.17) is 10.3 Å². The van der Waals surface area contributed by atoms with E-state index >= 15 is 0 Å². The first-order valence-electron chi connectivity index (χ1n) is 7.26. The smallest absolute Gasteiger partial charge is 0.230 e. The number of benzene rings is 1. The van der Waals surface area contributed by atoms with Crippen LogP contribution in [-0.2, 0) is 0 Å². The summed E-state index contributed by atoms with van der Waals surface area (Å²) in [5.41, 5.74) is 7.66. The van der Waals surface area contributed by atoms with Crippen LogP contribution in [0.15, 0.2) is 28.8 Å². The third-order valence-electron chi connectivity index (χ3n) is 4.39. The molecule has 0 saturated heterocycles. The Bertz CT molecular complexity index is 603. The largest absolute Gasteiger partial charge is 0.399 e. The van der Waals surface area contributed by atoms with E-state index in [1.807, 2.05) is 24.3 Å². The first-order valence-corrected chi connectivity index (χ1v) is 7.26. The fraction of sp³-hybridized carbons (Fsp3) is 0.500. The average molecular weight is 271 g/mol. The van der Waals surface area contributed by atoms with E-state index in [0.29, 0.717) is 17.4 Å². The quantitative estimate of drug-likeness (QED) is 0.838. The lowest BCUT2D eigenvalue weighted by atomic mass is 9.69. The van der Waals surface area contributed by atoms with Crippen molar-refractivity contribution in [2.75, 3.05) is 5.73 Å². The molecule has 1 aromatic carbocycles. The zero-order valence-corrected chi connectivity index (χ0v) is 12.1. The van der Waals surface area contributed by atoms with Crippen LogP contribution in [0.1, 0.15) is 51.3 Å². The van der Waals surface area contributed by atoms with E-state index < -0.39 is 0 Å². The molecule has 0 radical (unpaired) electrons. The summed E-state index contributed by atoms with van der Waals surface area (Å²) < 4.78 is 5.53. The molecule has 106 valence electrons. The lowest BCUT2D eigenvalue weighted by molar-refractivity contribution is 0.164. The van der Waals surface area contributed by atoms with Crippen molar-refractivity contribution in [3.05, 3.63) is 30.2 Å². The first kappa shape index (κ1) is 13.2. The summed E-state index contributed by atoms with van der Waals surface area (Å²) >= 11 is 0. The number of aromatic nitrogens is 2. The second kappa shape index (κ2) is 4.93. The van der Waals surface area contributed by atoms with Crippen molar-refractivity contribution in [2.45, 2.75) is 45.4 Å². The van der Waals surface area contributed by atoms with Gasteiger partial charge in [-0.05, 0) is 30.4 Å². The summed E-state index contributed by atoms with van der Waals surface area (Å²) in [6.45, 7) is 4.59. The van der Waals surface area contributed by atoms with Crippen LogP contribution in [-0.4, -0.2) is 10.1 Å². The number of hydrogen-bond acceptors (Lipinski definition) is 4. The standard InChI is InChI=1S/C16H21N3O/c1-16(2)9-4-3-8-13(16)15-18-14(19-20-15)11-6-5-7-12(17)10-11/h5-7,10,13H,3-4,8-9,17H2,1-2H3. The van der Waals surface area contributed by atoms with Crippen LogP contribution in [0.2, 0.25) is 0 Å². The minimum absolute atomic E-state index is 0.234. The monoisotopic (exact) mass is 271 g/mol. The highest BCUT2D eigenvalue weighted by Gasteiger charge is 2.37. The van der Waals surface area contributed by atoms with Gasteiger partial charge in [0.2, 0.25) is 11.7 Å². The predicted molar refractivity (Wildman–Crippen MR) is 79.1 cm³/mol. The number of anilines is 1. The molecule has 1 saturated carbocycles. The molecule has 0 aliphatic heterocycles. The van der Waals surface area contributed by atoms with Crippen molar-refractivity contribution < 1.29 is 4.52 Å². The predicted octanol–water partition coefficient (Wildman–Crippen LogP) is 4.00. The van der Waals surface area contributed by atoms with E-state index in [1.165, 1.54) is 19.3 Å². The van der Waals surface area contributed by atoms with Gasteiger partial charge in [-0.15, -0.1) is 0 Å². The molecular formula is C16H21N3O. The second-order valence-electron chi connectivity index (χ2n) is 6.37. The molecule has 2 N–H and O–H groups in total. The lowest BCUT2D eigenvalue weighted by Crippen LogP contribution is -2.26. The molecule has 4 heteroatoms. The zero-order chi connectivity index (χ0) is 14.2. The summed E-state index contributed by atoms with van der Waals surface area (Å²) in [5, 5.41) is 4.13. The van der Waals surface area contributed by atoms with Crippen LogP contribution in [0, 0.1) is 5.41 Å². The Hall–Kier alpha value is -1.84.